The van der Waals surface area contributed by atoms with Crippen molar-refractivity contribution in [1.29, 1.82) is 0 Å². The lowest BCUT2D eigenvalue weighted by atomic mass is 10.1. The highest BCUT2D eigenvalue weighted by Crippen LogP contribution is 2.47. The molecule has 0 saturated heterocycles. The van der Waals surface area contributed by atoms with Gasteiger partial charge in [-0.3, -0.25) is 9.78 Å². The molecular weight excluding hydrogens is 552 g/mol. The predicted molar refractivity (Wildman–Crippen MR) is 127 cm³/mol. The molecule has 0 bridgehead atoms. The zero-order valence-corrected chi connectivity index (χ0v) is 20.7. The zero-order chi connectivity index (χ0) is 28.6. The van der Waals surface area contributed by atoms with E-state index in [4.69, 9.17) is 4.74 Å². The van der Waals surface area contributed by atoms with Crippen LogP contribution in [0.4, 0.5) is 33.7 Å². The quantitative estimate of drug-likeness (QED) is 0.373. The van der Waals surface area contributed by atoms with Crippen molar-refractivity contribution in [1.82, 2.24) is 10.3 Å². The first kappa shape index (κ1) is 27.6. The summed E-state index contributed by atoms with van der Waals surface area (Å²) in [5.74, 6) is -1.10. The number of nitrogens with one attached hydrogen (secondary N) is 3. The van der Waals surface area contributed by atoms with Crippen molar-refractivity contribution in [3.05, 3.63) is 66.0 Å². The van der Waals surface area contributed by atoms with E-state index in [9.17, 15) is 35.6 Å². The van der Waals surface area contributed by atoms with E-state index in [1.54, 1.807) is 0 Å². The number of fused-ring (bicyclic) bond motifs is 1. The summed E-state index contributed by atoms with van der Waals surface area (Å²) in [6.07, 6.45) is -6.77. The van der Waals surface area contributed by atoms with Crippen molar-refractivity contribution in [3.63, 3.8) is 0 Å². The molecule has 0 spiro atoms. The molecule has 1 aromatic heterocycles. The Morgan fingerprint density at radius 3 is 2.38 bits per heavy atom. The lowest BCUT2D eigenvalue weighted by Gasteiger charge is -2.30. The molecule has 3 aromatic rings. The summed E-state index contributed by atoms with van der Waals surface area (Å²) in [7, 11) is -2.51. The number of anilines is 2. The molecule has 0 unspecified atom stereocenters. The van der Waals surface area contributed by atoms with Gasteiger partial charge in [0.2, 0.25) is 0 Å². The minimum absolute atomic E-state index is 0.0455. The van der Waals surface area contributed by atoms with Crippen LogP contribution < -0.4 is 25.4 Å². The summed E-state index contributed by atoms with van der Waals surface area (Å²) >= 11 is 0. The number of carbonyl (C=O) groups excluding carboxylic acids is 2. The van der Waals surface area contributed by atoms with E-state index in [-0.39, 0.29) is 33.5 Å². The fourth-order valence-electron chi connectivity index (χ4n) is 3.40. The number of aromatic nitrogens is 1. The Labute approximate surface area is 218 Å². The lowest BCUT2D eigenvalue weighted by molar-refractivity contribution is -0.461. The van der Waals surface area contributed by atoms with Crippen LogP contribution in [0.1, 0.15) is 16.1 Å². The standard InChI is InChI=1S/C23H18F4N4O7S/c1-28-20(32)17-10-14(7-8-29-17)36-13-4-5-16(19(11-13)39(2,34)35)31-21(33)30-12-3-6-18-15(9-12)22(24,25)38-23(26,27)37-18/h3-11H,1-2H3,(H,28,32)(H2,30,31,33). The molecule has 11 nitrogen and oxygen atoms in total. The molecule has 4 rings (SSSR count). The fourth-order valence-corrected chi connectivity index (χ4v) is 4.25. The summed E-state index contributed by atoms with van der Waals surface area (Å²) in [5.41, 5.74) is -1.44. The third kappa shape index (κ3) is 6.35. The van der Waals surface area contributed by atoms with Gasteiger partial charge in [0, 0.05) is 37.3 Å². The summed E-state index contributed by atoms with van der Waals surface area (Å²) in [6, 6.07) is 7.88. The number of urea groups is 1. The van der Waals surface area contributed by atoms with Crippen LogP contribution in [-0.4, -0.2) is 44.9 Å². The van der Waals surface area contributed by atoms with Gasteiger partial charge in [-0.1, -0.05) is 0 Å². The second-order valence-electron chi connectivity index (χ2n) is 7.96. The second-order valence-corrected chi connectivity index (χ2v) is 9.95. The molecule has 3 N–H and O–H groups in total. The molecule has 1 aliphatic heterocycles. The van der Waals surface area contributed by atoms with Crippen LogP contribution in [-0.2, 0) is 20.7 Å². The Hall–Kier alpha value is -4.44. The molecular formula is C23H18F4N4O7S. The van der Waals surface area contributed by atoms with Crippen molar-refractivity contribution in [2.45, 2.75) is 17.3 Å². The largest absolute Gasteiger partial charge is 0.540 e. The van der Waals surface area contributed by atoms with Crippen molar-refractivity contribution in [3.8, 4) is 17.2 Å². The Morgan fingerprint density at radius 1 is 0.974 bits per heavy atom. The Balaban J connectivity index is 1.54. The average Bonchev–Trinajstić information content (AvgIpc) is 2.83. The Kier molecular flexibility index (Phi) is 7.10. The molecule has 0 aliphatic carbocycles. The van der Waals surface area contributed by atoms with Gasteiger partial charge < -0.3 is 25.4 Å². The summed E-state index contributed by atoms with van der Waals surface area (Å²) in [5, 5.41) is 6.89. The maximum absolute atomic E-state index is 14.0. The second kappa shape index (κ2) is 10.0. The maximum Gasteiger partial charge on any atom is 0.540 e. The monoisotopic (exact) mass is 570 g/mol. The van der Waals surface area contributed by atoms with E-state index in [1.165, 1.54) is 37.5 Å². The number of pyridine rings is 1. The van der Waals surface area contributed by atoms with Gasteiger partial charge in [0.25, 0.3) is 5.91 Å². The topological polar surface area (TPSA) is 145 Å². The molecule has 16 heteroatoms. The van der Waals surface area contributed by atoms with E-state index < -0.39 is 45.5 Å². The highest BCUT2D eigenvalue weighted by Gasteiger charge is 2.54. The fraction of sp³-hybridized carbons (Fsp3) is 0.174. The van der Waals surface area contributed by atoms with Gasteiger partial charge in [-0.2, -0.15) is 8.78 Å². The number of alkyl halides is 4. The number of rotatable bonds is 6. The molecule has 0 saturated carbocycles. The number of amides is 3. The first-order chi connectivity index (χ1) is 18.2. The number of benzene rings is 2. The van der Waals surface area contributed by atoms with Gasteiger partial charge in [-0.25, -0.2) is 17.9 Å². The van der Waals surface area contributed by atoms with E-state index in [0.717, 1.165) is 24.5 Å². The number of carbonyl (C=O) groups is 2. The number of halogens is 4. The first-order valence-corrected chi connectivity index (χ1v) is 12.6. The molecule has 39 heavy (non-hydrogen) atoms. The third-order valence-electron chi connectivity index (χ3n) is 5.05. The molecule has 3 amide bonds. The molecule has 0 atom stereocenters. The molecule has 206 valence electrons. The minimum Gasteiger partial charge on any atom is -0.457 e. The van der Waals surface area contributed by atoms with Gasteiger partial charge in [-0.05, 0) is 36.4 Å². The smallest absolute Gasteiger partial charge is 0.457 e. The Bertz CT molecular complexity index is 1570. The minimum atomic E-state index is -4.55. The van der Waals surface area contributed by atoms with E-state index >= 15 is 0 Å². The summed E-state index contributed by atoms with van der Waals surface area (Å²) in [4.78, 5) is 27.9. The van der Waals surface area contributed by atoms with Crippen molar-refractivity contribution in [2.75, 3.05) is 23.9 Å². The SMILES string of the molecule is CNC(=O)c1cc(Oc2ccc(NC(=O)Nc3ccc4c(c3)C(F)(F)OC(F)(F)O4)c(S(C)(=O)=O)c2)ccn1. The van der Waals surface area contributed by atoms with Crippen LogP contribution in [0.15, 0.2) is 59.6 Å². The Morgan fingerprint density at radius 2 is 1.69 bits per heavy atom. The van der Waals surface area contributed by atoms with E-state index in [1.807, 2.05) is 0 Å². The lowest BCUT2D eigenvalue weighted by Crippen LogP contribution is -2.41. The number of ether oxygens (including phenoxy) is 3. The van der Waals surface area contributed by atoms with Crippen LogP contribution in [0.2, 0.25) is 0 Å². The summed E-state index contributed by atoms with van der Waals surface area (Å²) < 4.78 is 92.3. The number of hydrogen-bond donors (Lipinski definition) is 3. The predicted octanol–water partition coefficient (Wildman–Crippen LogP) is 4.29. The highest BCUT2D eigenvalue weighted by atomic mass is 32.2. The zero-order valence-electron chi connectivity index (χ0n) is 19.9. The van der Waals surface area contributed by atoms with Crippen molar-refractivity contribution < 1.29 is 49.8 Å². The van der Waals surface area contributed by atoms with Crippen molar-refractivity contribution >= 4 is 33.2 Å². The molecule has 0 fully saturated rings. The van der Waals surface area contributed by atoms with Crippen LogP contribution in [0.5, 0.6) is 17.2 Å². The van der Waals surface area contributed by atoms with Crippen LogP contribution in [0.25, 0.3) is 0 Å². The highest BCUT2D eigenvalue weighted by molar-refractivity contribution is 7.90. The average molecular weight is 570 g/mol. The number of hydrogen-bond acceptors (Lipinski definition) is 8. The van der Waals surface area contributed by atoms with E-state index in [0.29, 0.717) is 6.07 Å². The van der Waals surface area contributed by atoms with E-state index in [2.05, 4.69) is 30.4 Å². The van der Waals surface area contributed by atoms with Gasteiger partial charge >= 0.3 is 18.4 Å². The number of nitrogens with zero attached hydrogens (tertiary/aromatic N) is 1. The molecule has 2 heterocycles. The van der Waals surface area contributed by atoms with Crippen LogP contribution in [0, 0.1) is 0 Å². The van der Waals surface area contributed by atoms with Crippen LogP contribution >= 0.6 is 0 Å². The molecule has 1 aliphatic rings. The van der Waals surface area contributed by atoms with Crippen LogP contribution in [0.3, 0.4) is 0 Å². The normalized spacial score (nSPS) is 15.3. The van der Waals surface area contributed by atoms with Gasteiger partial charge in [0.15, 0.2) is 9.84 Å². The molecule has 0 radical (unpaired) electrons. The third-order valence-corrected chi connectivity index (χ3v) is 6.19. The molecule has 2 aromatic carbocycles. The maximum atomic E-state index is 14.0. The van der Waals surface area contributed by atoms with Gasteiger partial charge in [0.1, 0.15) is 22.9 Å². The first-order valence-electron chi connectivity index (χ1n) is 10.7. The summed E-state index contributed by atoms with van der Waals surface area (Å²) in [6.45, 7) is 0. The number of sulfone groups is 1. The van der Waals surface area contributed by atoms with Crippen molar-refractivity contribution in [2.24, 2.45) is 0 Å². The van der Waals surface area contributed by atoms with Gasteiger partial charge in [-0.15, -0.1) is 8.78 Å². The van der Waals surface area contributed by atoms with Gasteiger partial charge in [0.05, 0.1) is 16.1 Å².